The third kappa shape index (κ3) is 5.27. The predicted molar refractivity (Wildman–Crippen MR) is 137 cm³/mol. The second kappa shape index (κ2) is 8.90. The van der Waals surface area contributed by atoms with E-state index in [2.05, 4.69) is 46.1 Å². The number of aromatic hydroxyl groups is 1. The fraction of sp³-hybridized carbons (Fsp3) is 0.393. The van der Waals surface area contributed by atoms with E-state index in [0.29, 0.717) is 22.9 Å². The molecule has 0 aliphatic rings. The summed E-state index contributed by atoms with van der Waals surface area (Å²) in [6.07, 6.45) is 0.786. The van der Waals surface area contributed by atoms with E-state index in [1.54, 1.807) is 0 Å². The Hall–Kier alpha value is -2.72. The molecular weight excluding hydrogens is 432 g/mol. The number of aryl methyl sites for hydroxylation is 1. The van der Waals surface area contributed by atoms with Gasteiger partial charge in [-0.25, -0.2) is 0 Å². The van der Waals surface area contributed by atoms with Crippen molar-refractivity contribution in [3.8, 4) is 17.0 Å². The molecule has 176 valence electrons. The van der Waals surface area contributed by atoms with Crippen LogP contribution in [0.1, 0.15) is 74.3 Å². The lowest BCUT2D eigenvalue weighted by Gasteiger charge is -2.28. The van der Waals surface area contributed by atoms with Crippen LogP contribution in [-0.2, 0) is 23.8 Å². The van der Waals surface area contributed by atoms with Crippen molar-refractivity contribution in [1.82, 2.24) is 4.57 Å². The maximum Gasteiger partial charge on any atom is 0.250 e. The maximum atomic E-state index is 12.2. The largest absolute Gasteiger partial charge is 0.507 e. The van der Waals surface area contributed by atoms with Gasteiger partial charge in [-0.1, -0.05) is 65.3 Å². The van der Waals surface area contributed by atoms with Gasteiger partial charge in [0.15, 0.2) is 0 Å². The van der Waals surface area contributed by atoms with Crippen molar-refractivity contribution in [2.45, 2.75) is 72.3 Å². The molecule has 4 nitrogen and oxygen atoms in total. The van der Waals surface area contributed by atoms with Crippen molar-refractivity contribution >= 4 is 17.5 Å². The van der Waals surface area contributed by atoms with Crippen LogP contribution in [0.15, 0.2) is 42.5 Å². The minimum absolute atomic E-state index is 0.248. The lowest BCUT2D eigenvalue weighted by atomic mass is 9.78. The third-order valence-corrected chi connectivity index (χ3v) is 6.44. The molecule has 0 fully saturated rings. The average Bonchev–Trinajstić information content (AvgIpc) is 3.02. The summed E-state index contributed by atoms with van der Waals surface area (Å²) in [5.41, 5.74) is 11.4. The molecule has 0 radical (unpaired) electrons. The summed E-state index contributed by atoms with van der Waals surface area (Å²) in [6.45, 7) is 15.2. The van der Waals surface area contributed by atoms with Crippen LogP contribution in [0.2, 0.25) is 5.02 Å². The summed E-state index contributed by atoms with van der Waals surface area (Å²) in [6, 6.07) is 13.8. The van der Waals surface area contributed by atoms with E-state index in [-0.39, 0.29) is 10.8 Å². The number of amides is 1. The quantitative estimate of drug-likeness (QED) is 0.436. The van der Waals surface area contributed by atoms with Crippen LogP contribution >= 0.6 is 11.6 Å². The summed E-state index contributed by atoms with van der Waals surface area (Å²) in [5.74, 6) is -0.102. The number of hydrogen-bond donors (Lipinski definition) is 2. The fourth-order valence-corrected chi connectivity index (χ4v) is 4.37. The number of primary amides is 1. The van der Waals surface area contributed by atoms with Gasteiger partial charge in [0.1, 0.15) is 5.75 Å². The molecule has 0 bridgehead atoms. The van der Waals surface area contributed by atoms with Gasteiger partial charge in [-0.15, -0.1) is 0 Å². The molecule has 0 saturated carbocycles. The topological polar surface area (TPSA) is 68.2 Å². The molecule has 0 spiro atoms. The third-order valence-electron chi connectivity index (χ3n) is 6.19. The van der Waals surface area contributed by atoms with Crippen molar-refractivity contribution in [3.63, 3.8) is 0 Å². The normalized spacial score (nSPS) is 12.2. The second-order valence-corrected chi connectivity index (χ2v) is 11.3. The van der Waals surface area contributed by atoms with Crippen LogP contribution in [0, 0.1) is 6.92 Å². The number of nitrogens with zero attached hydrogens (tertiary/aromatic N) is 1. The molecule has 0 aliphatic carbocycles. The van der Waals surface area contributed by atoms with Gasteiger partial charge in [0, 0.05) is 34.1 Å². The number of hydrogen-bond acceptors (Lipinski definition) is 2. The smallest absolute Gasteiger partial charge is 0.250 e. The molecule has 0 atom stereocenters. The van der Waals surface area contributed by atoms with E-state index >= 15 is 0 Å². The fourth-order valence-electron chi connectivity index (χ4n) is 4.24. The molecule has 33 heavy (non-hydrogen) atoms. The molecule has 5 heteroatoms. The maximum absolute atomic E-state index is 12.2. The molecular formula is C28H35ClN2O2. The molecule has 1 aromatic heterocycles. The highest BCUT2D eigenvalue weighted by Gasteiger charge is 2.28. The highest BCUT2D eigenvalue weighted by atomic mass is 35.5. The van der Waals surface area contributed by atoms with Crippen LogP contribution < -0.4 is 5.73 Å². The Morgan fingerprint density at radius 1 is 0.970 bits per heavy atom. The van der Waals surface area contributed by atoms with Crippen LogP contribution in [0.25, 0.3) is 11.3 Å². The van der Waals surface area contributed by atoms with Crippen molar-refractivity contribution in [2.24, 2.45) is 5.73 Å². The Kier molecular flexibility index (Phi) is 6.72. The van der Waals surface area contributed by atoms with Gasteiger partial charge in [0.05, 0.1) is 5.56 Å². The average molecular weight is 467 g/mol. The van der Waals surface area contributed by atoms with E-state index in [1.165, 1.54) is 0 Å². The monoisotopic (exact) mass is 466 g/mol. The summed E-state index contributed by atoms with van der Waals surface area (Å²) < 4.78 is 2.15. The minimum atomic E-state index is -0.440. The van der Waals surface area contributed by atoms with Crippen molar-refractivity contribution < 1.29 is 9.90 Å². The minimum Gasteiger partial charge on any atom is -0.507 e. The highest BCUT2D eigenvalue weighted by Crippen LogP contribution is 2.42. The van der Waals surface area contributed by atoms with Crippen LogP contribution in [0.4, 0.5) is 0 Å². The lowest BCUT2D eigenvalue weighted by Crippen LogP contribution is -2.17. The van der Waals surface area contributed by atoms with Crippen LogP contribution in [0.3, 0.4) is 0 Å². The summed E-state index contributed by atoms with van der Waals surface area (Å²) in [5, 5.41) is 11.8. The predicted octanol–water partition coefficient (Wildman–Crippen LogP) is 6.76. The van der Waals surface area contributed by atoms with E-state index in [0.717, 1.165) is 40.1 Å². The number of phenols is 1. The zero-order chi connectivity index (χ0) is 24.7. The molecule has 0 aliphatic heterocycles. The van der Waals surface area contributed by atoms with Crippen molar-refractivity contribution in [2.75, 3.05) is 0 Å². The summed E-state index contributed by atoms with van der Waals surface area (Å²) in [7, 11) is 0. The zero-order valence-electron chi connectivity index (χ0n) is 20.7. The van der Waals surface area contributed by atoms with Gasteiger partial charge in [0.2, 0.25) is 0 Å². The molecule has 3 N–H and O–H groups in total. The zero-order valence-corrected chi connectivity index (χ0v) is 21.5. The Bertz CT molecular complexity index is 1140. The number of nitrogens with two attached hydrogens (primary N) is 1. The van der Waals surface area contributed by atoms with Gasteiger partial charge in [-0.2, -0.15) is 0 Å². The standard InChI is InChI=1S/C28H35ClN2O2/c1-17-21(26(30)33)16-24(31(17)13-12-18-8-10-20(29)11-9-18)19-14-22(27(2,3)4)25(32)23(15-19)28(5,6)7/h8-11,14-16,32H,12-13H2,1-7H3,(H2,30,33). The number of carbonyl (C=O) groups is 1. The number of benzene rings is 2. The first-order valence-corrected chi connectivity index (χ1v) is 11.7. The molecule has 0 saturated heterocycles. The molecule has 3 aromatic rings. The van der Waals surface area contributed by atoms with Gasteiger partial charge in [0.25, 0.3) is 5.91 Å². The van der Waals surface area contributed by atoms with Crippen molar-refractivity contribution in [3.05, 3.63) is 75.4 Å². The van der Waals surface area contributed by atoms with Gasteiger partial charge < -0.3 is 15.4 Å². The van der Waals surface area contributed by atoms with Gasteiger partial charge in [-0.05, 0) is 65.6 Å². The molecule has 3 rings (SSSR count). The van der Waals surface area contributed by atoms with Crippen LogP contribution in [-0.4, -0.2) is 15.6 Å². The SMILES string of the molecule is Cc1c(C(N)=O)cc(-c2cc(C(C)(C)C)c(O)c(C(C)(C)C)c2)n1CCc1ccc(Cl)cc1. The first kappa shape index (κ1) is 24.9. The van der Waals surface area contributed by atoms with Gasteiger partial charge >= 0.3 is 0 Å². The molecule has 2 aromatic carbocycles. The van der Waals surface area contributed by atoms with E-state index in [1.807, 2.05) is 49.4 Å². The highest BCUT2D eigenvalue weighted by molar-refractivity contribution is 6.30. The Labute approximate surface area is 202 Å². The number of carbonyl (C=O) groups excluding carboxylic acids is 1. The lowest BCUT2D eigenvalue weighted by molar-refractivity contribution is 0.0999. The number of phenolic OH excluding ortho intramolecular Hbond substituents is 1. The number of aromatic nitrogens is 1. The number of halogens is 1. The summed E-state index contributed by atoms with van der Waals surface area (Å²) >= 11 is 6.04. The van der Waals surface area contributed by atoms with Crippen LogP contribution in [0.5, 0.6) is 5.75 Å². The first-order chi connectivity index (χ1) is 15.2. The first-order valence-electron chi connectivity index (χ1n) is 11.3. The molecule has 1 amide bonds. The van der Waals surface area contributed by atoms with Gasteiger partial charge in [-0.3, -0.25) is 4.79 Å². The summed E-state index contributed by atoms with van der Waals surface area (Å²) in [4.78, 5) is 12.2. The van der Waals surface area contributed by atoms with E-state index < -0.39 is 5.91 Å². The Balaban J connectivity index is 2.19. The number of rotatable bonds is 5. The van der Waals surface area contributed by atoms with Crippen molar-refractivity contribution in [1.29, 1.82) is 0 Å². The van der Waals surface area contributed by atoms with E-state index in [9.17, 15) is 9.90 Å². The molecule has 1 heterocycles. The van der Waals surface area contributed by atoms with E-state index in [4.69, 9.17) is 17.3 Å². The Morgan fingerprint density at radius 2 is 1.48 bits per heavy atom. The Morgan fingerprint density at radius 3 is 1.94 bits per heavy atom. The second-order valence-electron chi connectivity index (χ2n) is 10.8. The molecule has 0 unspecified atom stereocenters.